The first kappa shape index (κ1) is 15.3. The molecule has 2 aromatic rings. The van der Waals surface area contributed by atoms with Gasteiger partial charge in [-0.25, -0.2) is 0 Å². The largest absolute Gasteiger partial charge is 0.486 e. The number of carbonyl (C=O) groups is 1. The average molecular weight is 349 g/mol. The zero-order valence-electron chi connectivity index (χ0n) is 12.9. The summed E-state index contributed by atoms with van der Waals surface area (Å²) in [5.41, 5.74) is 3.26. The van der Waals surface area contributed by atoms with E-state index < -0.39 is 0 Å². The predicted molar refractivity (Wildman–Crippen MR) is 87.6 cm³/mol. The normalized spacial score (nSPS) is 15.7. The van der Waals surface area contributed by atoms with Crippen LogP contribution in [0.25, 0.3) is 0 Å². The third-order valence-electron chi connectivity index (χ3n) is 4.13. The third-order valence-corrected chi connectivity index (χ3v) is 4.41. The molecule has 0 radical (unpaired) electrons. The Morgan fingerprint density at radius 3 is 3.12 bits per heavy atom. The van der Waals surface area contributed by atoms with Gasteiger partial charge in [0.05, 0.1) is 5.02 Å². The second-order valence-corrected chi connectivity index (χ2v) is 6.15. The van der Waals surface area contributed by atoms with Crippen molar-refractivity contribution in [1.29, 1.82) is 0 Å². The van der Waals surface area contributed by atoms with Crippen LogP contribution in [-0.4, -0.2) is 35.9 Å². The van der Waals surface area contributed by atoms with Gasteiger partial charge in [-0.15, -0.1) is 0 Å². The van der Waals surface area contributed by atoms with Crippen LogP contribution in [-0.2, 0) is 19.5 Å². The summed E-state index contributed by atoms with van der Waals surface area (Å²) >= 11 is 6.21. The van der Waals surface area contributed by atoms with Crippen LogP contribution in [0.4, 0.5) is 0 Å². The van der Waals surface area contributed by atoms with Crippen LogP contribution in [0.3, 0.4) is 0 Å². The topological polar surface area (TPSA) is 88.3 Å². The summed E-state index contributed by atoms with van der Waals surface area (Å²) in [5, 5.41) is 13.7. The van der Waals surface area contributed by atoms with Gasteiger partial charge in [-0.2, -0.15) is 5.10 Å². The maximum atomic E-state index is 12.4. The molecule has 2 aliphatic rings. The van der Waals surface area contributed by atoms with Gasteiger partial charge in [0.2, 0.25) is 0 Å². The summed E-state index contributed by atoms with van der Waals surface area (Å²) in [5.74, 6) is 0.965. The summed E-state index contributed by atoms with van der Waals surface area (Å²) in [6.07, 6.45) is 0.855. The number of fused-ring (bicyclic) bond motifs is 2. The lowest BCUT2D eigenvalue weighted by molar-refractivity contribution is 0.0944. The van der Waals surface area contributed by atoms with Crippen molar-refractivity contribution in [3.63, 3.8) is 0 Å². The van der Waals surface area contributed by atoms with Crippen molar-refractivity contribution < 1.29 is 14.3 Å². The summed E-state index contributed by atoms with van der Waals surface area (Å²) < 4.78 is 11.0. The number of H-pyrrole nitrogens is 1. The molecular formula is C16H17ClN4O3. The Morgan fingerprint density at radius 1 is 1.33 bits per heavy atom. The number of hydrogen-bond donors (Lipinski definition) is 3. The van der Waals surface area contributed by atoms with Crippen molar-refractivity contribution in [1.82, 2.24) is 20.8 Å². The van der Waals surface area contributed by atoms with E-state index in [1.165, 1.54) is 0 Å². The summed E-state index contributed by atoms with van der Waals surface area (Å²) in [6.45, 7) is 2.87. The fourth-order valence-electron chi connectivity index (χ4n) is 2.95. The third kappa shape index (κ3) is 2.81. The van der Waals surface area contributed by atoms with E-state index in [1.807, 2.05) is 6.07 Å². The van der Waals surface area contributed by atoms with E-state index in [0.717, 1.165) is 29.8 Å². The molecule has 4 rings (SSSR count). The molecule has 7 nitrogen and oxygen atoms in total. The molecule has 1 aromatic heterocycles. The summed E-state index contributed by atoms with van der Waals surface area (Å²) in [7, 11) is 0. The Kier molecular flexibility index (Phi) is 4.03. The number of carbonyl (C=O) groups excluding carboxylic acids is 1. The van der Waals surface area contributed by atoms with Gasteiger partial charge >= 0.3 is 0 Å². The molecular weight excluding hydrogens is 332 g/mol. The summed E-state index contributed by atoms with van der Waals surface area (Å²) in [4.78, 5) is 12.4. The van der Waals surface area contributed by atoms with E-state index in [2.05, 4.69) is 20.8 Å². The number of halogens is 1. The SMILES string of the molecule is O=C(NCc1cc(Cl)c2c(c1)OCCO2)c1n[nH]c2c1CNCC2. The number of rotatable bonds is 3. The molecule has 0 aliphatic carbocycles. The molecule has 0 saturated heterocycles. The minimum Gasteiger partial charge on any atom is -0.486 e. The van der Waals surface area contributed by atoms with E-state index in [9.17, 15) is 4.79 Å². The Labute approximate surface area is 143 Å². The van der Waals surface area contributed by atoms with Crippen LogP contribution in [0.15, 0.2) is 12.1 Å². The maximum absolute atomic E-state index is 12.4. The molecule has 8 heteroatoms. The van der Waals surface area contributed by atoms with Crippen LogP contribution in [0.5, 0.6) is 11.5 Å². The number of amides is 1. The Balaban J connectivity index is 1.48. The van der Waals surface area contributed by atoms with Gasteiger partial charge in [0.25, 0.3) is 5.91 Å². The Hall–Kier alpha value is -2.25. The standard InChI is InChI=1S/C16H17ClN4O3/c17-11-5-9(6-13-15(11)24-4-3-23-13)7-19-16(22)14-10-8-18-2-1-12(10)20-21-14/h5-6,18H,1-4,7-8H2,(H,19,22)(H,20,21). The second-order valence-electron chi connectivity index (χ2n) is 5.74. The highest BCUT2D eigenvalue weighted by Gasteiger charge is 2.22. The van der Waals surface area contributed by atoms with E-state index in [4.69, 9.17) is 21.1 Å². The predicted octanol–water partition coefficient (Wildman–Crippen LogP) is 1.41. The minimum atomic E-state index is -0.206. The van der Waals surface area contributed by atoms with Crippen LogP contribution in [0.1, 0.15) is 27.3 Å². The van der Waals surface area contributed by atoms with Crippen LogP contribution in [0.2, 0.25) is 5.02 Å². The second kappa shape index (κ2) is 6.33. The van der Waals surface area contributed by atoms with Crippen molar-refractivity contribution in [3.8, 4) is 11.5 Å². The molecule has 0 bridgehead atoms. The maximum Gasteiger partial charge on any atom is 0.272 e. The molecule has 0 unspecified atom stereocenters. The number of ether oxygens (including phenoxy) is 2. The average Bonchev–Trinajstić information content (AvgIpc) is 3.04. The molecule has 0 atom stereocenters. The summed E-state index contributed by atoms with van der Waals surface area (Å²) in [6, 6.07) is 3.61. The quantitative estimate of drug-likeness (QED) is 0.780. The van der Waals surface area contributed by atoms with Crippen molar-refractivity contribution in [2.24, 2.45) is 0 Å². The van der Waals surface area contributed by atoms with Gasteiger partial charge in [0.1, 0.15) is 13.2 Å². The van der Waals surface area contributed by atoms with Crippen molar-refractivity contribution >= 4 is 17.5 Å². The van der Waals surface area contributed by atoms with E-state index in [-0.39, 0.29) is 5.91 Å². The highest BCUT2D eigenvalue weighted by Crippen LogP contribution is 2.38. The number of aromatic amines is 1. The number of nitrogens with zero attached hydrogens (tertiary/aromatic N) is 1. The highest BCUT2D eigenvalue weighted by molar-refractivity contribution is 6.32. The number of nitrogens with one attached hydrogen (secondary N) is 3. The van der Waals surface area contributed by atoms with E-state index >= 15 is 0 Å². The number of hydrogen-bond acceptors (Lipinski definition) is 5. The van der Waals surface area contributed by atoms with Crippen LogP contribution >= 0.6 is 11.6 Å². The molecule has 126 valence electrons. The molecule has 0 fully saturated rings. The molecule has 0 saturated carbocycles. The van der Waals surface area contributed by atoms with Gasteiger partial charge in [-0.05, 0) is 17.7 Å². The van der Waals surface area contributed by atoms with E-state index in [0.29, 0.717) is 48.5 Å². The zero-order valence-corrected chi connectivity index (χ0v) is 13.7. The zero-order chi connectivity index (χ0) is 16.5. The molecule has 0 spiro atoms. The highest BCUT2D eigenvalue weighted by atomic mass is 35.5. The molecule has 2 aliphatic heterocycles. The molecule has 3 heterocycles. The first-order chi connectivity index (χ1) is 11.7. The van der Waals surface area contributed by atoms with Crippen molar-refractivity contribution in [3.05, 3.63) is 39.7 Å². The Morgan fingerprint density at radius 2 is 2.21 bits per heavy atom. The van der Waals surface area contributed by atoms with Gasteiger partial charge in [0, 0.05) is 37.3 Å². The molecule has 1 aromatic carbocycles. The first-order valence-corrected chi connectivity index (χ1v) is 8.23. The van der Waals surface area contributed by atoms with Gasteiger partial charge in [0.15, 0.2) is 17.2 Å². The van der Waals surface area contributed by atoms with Gasteiger partial charge in [-0.3, -0.25) is 9.89 Å². The monoisotopic (exact) mass is 348 g/mol. The lowest BCUT2D eigenvalue weighted by Gasteiger charge is -2.20. The van der Waals surface area contributed by atoms with Crippen LogP contribution < -0.4 is 20.1 Å². The van der Waals surface area contributed by atoms with Crippen LogP contribution in [0, 0.1) is 0 Å². The number of aromatic nitrogens is 2. The smallest absolute Gasteiger partial charge is 0.272 e. The lowest BCUT2D eigenvalue weighted by atomic mass is 10.1. The van der Waals surface area contributed by atoms with Gasteiger partial charge < -0.3 is 20.1 Å². The lowest BCUT2D eigenvalue weighted by Crippen LogP contribution is -2.28. The number of benzene rings is 1. The van der Waals surface area contributed by atoms with E-state index in [1.54, 1.807) is 6.07 Å². The fourth-order valence-corrected chi connectivity index (χ4v) is 3.23. The molecule has 1 amide bonds. The fraction of sp³-hybridized carbons (Fsp3) is 0.375. The van der Waals surface area contributed by atoms with Gasteiger partial charge in [-0.1, -0.05) is 11.6 Å². The first-order valence-electron chi connectivity index (χ1n) is 7.85. The Bertz CT molecular complexity index is 790. The minimum absolute atomic E-state index is 0.206. The van der Waals surface area contributed by atoms with Crippen molar-refractivity contribution in [2.45, 2.75) is 19.5 Å². The molecule has 3 N–H and O–H groups in total. The van der Waals surface area contributed by atoms with Crippen molar-refractivity contribution in [2.75, 3.05) is 19.8 Å². The molecule has 24 heavy (non-hydrogen) atoms.